The first-order valence-electron chi connectivity index (χ1n) is 6.19. The van der Waals surface area contributed by atoms with Crippen molar-refractivity contribution in [2.75, 3.05) is 6.61 Å². The fraction of sp³-hybridized carbons (Fsp3) is 0.385. The number of furan rings is 1. The van der Waals surface area contributed by atoms with Crippen LogP contribution in [0.25, 0.3) is 0 Å². The van der Waals surface area contributed by atoms with Crippen LogP contribution in [0, 0.1) is 0 Å². The van der Waals surface area contributed by atoms with Crippen molar-refractivity contribution >= 4 is 5.91 Å². The van der Waals surface area contributed by atoms with Gasteiger partial charge in [-0.25, -0.2) is 4.98 Å². The Balaban J connectivity index is 1.74. The lowest BCUT2D eigenvalue weighted by atomic mass is 10.2. The Labute approximate surface area is 111 Å². The van der Waals surface area contributed by atoms with Crippen molar-refractivity contribution in [3.8, 4) is 0 Å². The van der Waals surface area contributed by atoms with Crippen LogP contribution in [0.15, 0.2) is 41.5 Å². The predicted octanol–water partition coefficient (Wildman–Crippen LogP) is 1.11. The maximum absolute atomic E-state index is 11.7. The Morgan fingerprint density at radius 2 is 2.47 bits per heavy atom. The first kappa shape index (κ1) is 13.4. The number of hydrogen-bond donors (Lipinski definition) is 2. The molecule has 0 aliphatic rings. The van der Waals surface area contributed by atoms with Gasteiger partial charge in [-0.15, -0.1) is 0 Å². The van der Waals surface area contributed by atoms with Gasteiger partial charge in [0.25, 0.3) is 0 Å². The van der Waals surface area contributed by atoms with Crippen LogP contribution in [-0.4, -0.2) is 27.2 Å². The molecule has 2 aromatic rings. The first-order valence-corrected chi connectivity index (χ1v) is 6.19. The van der Waals surface area contributed by atoms with Crippen LogP contribution in [-0.2, 0) is 11.3 Å². The number of carbonyl (C=O) groups excluding carboxylic acids is 1. The first-order chi connectivity index (χ1) is 9.29. The monoisotopic (exact) mass is 263 g/mol. The number of amides is 1. The molecule has 0 bridgehead atoms. The molecule has 0 spiro atoms. The van der Waals surface area contributed by atoms with Crippen LogP contribution in [0.5, 0.6) is 0 Å². The van der Waals surface area contributed by atoms with Gasteiger partial charge in [-0.1, -0.05) is 0 Å². The van der Waals surface area contributed by atoms with E-state index >= 15 is 0 Å². The summed E-state index contributed by atoms with van der Waals surface area (Å²) in [6.45, 7) is 0.568. The average molecular weight is 263 g/mol. The Hall–Kier alpha value is -2.08. The number of carbonyl (C=O) groups is 1. The van der Waals surface area contributed by atoms with Crippen molar-refractivity contribution in [1.29, 1.82) is 0 Å². The van der Waals surface area contributed by atoms with Crippen molar-refractivity contribution in [1.82, 2.24) is 14.9 Å². The minimum absolute atomic E-state index is 0.101. The third-order valence-electron chi connectivity index (χ3n) is 2.78. The second kappa shape index (κ2) is 6.75. The quantitative estimate of drug-likeness (QED) is 0.784. The van der Waals surface area contributed by atoms with Gasteiger partial charge >= 0.3 is 0 Å². The molecule has 2 heterocycles. The number of nitrogens with zero attached hydrogens (tertiary/aromatic N) is 2. The highest BCUT2D eigenvalue weighted by molar-refractivity contribution is 5.76. The molecule has 0 aromatic carbocycles. The molecule has 0 saturated carbocycles. The fourth-order valence-corrected chi connectivity index (χ4v) is 1.80. The molecule has 6 heteroatoms. The molecular weight excluding hydrogens is 246 g/mol. The third kappa shape index (κ3) is 3.96. The molecule has 1 amide bonds. The third-order valence-corrected chi connectivity index (χ3v) is 2.78. The minimum atomic E-state index is -0.476. The van der Waals surface area contributed by atoms with Crippen molar-refractivity contribution < 1.29 is 14.3 Å². The summed E-state index contributed by atoms with van der Waals surface area (Å²) in [6.07, 6.45) is 7.92. The Morgan fingerprint density at radius 3 is 3.11 bits per heavy atom. The lowest BCUT2D eigenvalue weighted by Crippen LogP contribution is -2.30. The van der Waals surface area contributed by atoms with E-state index in [9.17, 15) is 9.90 Å². The van der Waals surface area contributed by atoms with Crippen molar-refractivity contribution in [2.24, 2.45) is 0 Å². The second-order valence-electron chi connectivity index (χ2n) is 4.22. The molecule has 1 atom stereocenters. The van der Waals surface area contributed by atoms with E-state index in [1.165, 1.54) is 6.26 Å². The Kier molecular flexibility index (Phi) is 4.74. The molecule has 102 valence electrons. The maximum atomic E-state index is 11.7. The molecular formula is C13H17N3O3. The SMILES string of the molecule is O=C(CCCn1ccnc1)NC(CO)c1ccco1. The number of aryl methyl sites for hydroxylation is 1. The van der Waals surface area contributed by atoms with Gasteiger partial charge in [-0.05, 0) is 18.6 Å². The molecule has 19 heavy (non-hydrogen) atoms. The second-order valence-corrected chi connectivity index (χ2v) is 4.22. The molecule has 0 radical (unpaired) electrons. The number of aliphatic hydroxyl groups excluding tert-OH is 1. The summed E-state index contributed by atoms with van der Waals surface area (Å²) in [7, 11) is 0. The van der Waals surface area contributed by atoms with E-state index in [0.29, 0.717) is 12.2 Å². The highest BCUT2D eigenvalue weighted by Crippen LogP contribution is 2.12. The van der Waals surface area contributed by atoms with Crippen LogP contribution in [0.2, 0.25) is 0 Å². The number of nitrogens with one attached hydrogen (secondary N) is 1. The largest absolute Gasteiger partial charge is 0.467 e. The molecule has 2 N–H and O–H groups in total. The highest BCUT2D eigenvalue weighted by Gasteiger charge is 2.15. The molecule has 0 saturated heterocycles. The van der Waals surface area contributed by atoms with Gasteiger partial charge in [-0.3, -0.25) is 4.79 Å². The molecule has 2 aromatic heterocycles. The summed E-state index contributed by atoms with van der Waals surface area (Å²) in [5.41, 5.74) is 0. The zero-order valence-electron chi connectivity index (χ0n) is 10.5. The van der Waals surface area contributed by atoms with E-state index in [1.54, 1.807) is 24.7 Å². The molecule has 0 fully saturated rings. The van der Waals surface area contributed by atoms with Gasteiger partial charge in [-0.2, -0.15) is 0 Å². The van der Waals surface area contributed by atoms with Gasteiger partial charge in [0.2, 0.25) is 5.91 Å². The molecule has 6 nitrogen and oxygen atoms in total. The zero-order valence-corrected chi connectivity index (χ0v) is 10.5. The van der Waals surface area contributed by atoms with E-state index in [2.05, 4.69) is 10.3 Å². The minimum Gasteiger partial charge on any atom is -0.467 e. The average Bonchev–Trinajstić information content (AvgIpc) is 3.08. The summed E-state index contributed by atoms with van der Waals surface area (Å²) in [5, 5.41) is 12.0. The van der Waals surface area contributed by atoms with Crippen LogP contribution in [0.3, 0.4) is 0 Å². The van der Waals surface area contributed by atoms with Crippen LogP contribution in [0.1, 0.15) is 24.6 Å². The topological polar surface area (TPSA) is 80.3 Å². The number of aliphatic hydroxyl groups is 1. The van der Waals surface area contributed by atoms with Gasteiger partial charge in [0.05, 0.1) is 19.2 Å². The van der Waals surface area contributed by atoms with Crippen LogP contribution < -0.4 is 5.32 Å². The van der Waals surface area contributed by atoms with Gasteiger partial charge in [0.1, 0.15) is 11.8 Å². The summed E-state index contributed by atoms with van der Waals surface area (Å²) in [6, 6.07) is 2.98. The van der Waals surface area contributed by atoms with E-state index in [-0.39, 0.29) is 12.5 Å². The van der Waals surface area contributed by atoms with Crippen LogP contribution >= 0.6 is 0 Å². The lowest BCUT2D eigenvalue weighted by molar-refractivity contribution is -0.122. The number of imidazole rings is 1. The van der Waals surface area contributed by atoms with E-state index in [1.807, 2.05) is 10.8 Å². The Bertz CT molecular complexity index is 479. The van der Waals surface area contributed by atoms with Gasteiger partial charge in [0, 0.05) is 25.4 Å². The highest BCUT2D eigenvalue weighted by atomic mass is 16.3. The summed E-state index contributed by atoms with van der Waals surface area (Å²) in [5.74, 6) is 0.459. The zero-order chi connectivity index (χ0) is 13.5. The predicted molar refractivity (Wildman–Crippen MR) is 68.1 cm³/mol. The summed E-state index contributed by atoms with van der Waals surface area (Å²) < 4.78 is 7.08. The van der Waals surface area contributed by atoms with E-state index < -0.39 is 6.04 Å². The molecule has 2 rings (SSSR count). The van der Waals surface area contributed by atoms with Crippen LogP contribution in [0.4, 0.5) is 0 Å². The van der Waals surface area contributed by atoms with E-state index in [4.69, 9.17) is 4.42 Å². The normalized spacial score (nSPS) is 12.3. The summed E-state index contributed by atoms with van der Waals surface area (Å²) in [4.78, 5) is 15.7. The van der Waals surface area contributed by atoms with Crippen molar-refractivity contribution in [3.05, 3.63) is 42.9 Å². The smallest absolute Gasteiger partial charge is 0.220 e. The van der Waals surface area contributed by atoms with Gasteiger partial charge < -0.3 is 19.4 Å². The lowest BCUT2D eigenvalue weighted by Gasteiger charge is -2.13. The molecule has 1 unspecified atom stereocenters. The summed E-state index contributed by atoms with van der Waals surface area (Å²) >= 11 is 0. The Morgan fingerprint density at radius 1 is 1.58 bits per heavy atom. The number of rotatable bonds is 7. The van der Waals surface area contributed by atoms with Gasteiger partial charge in [0.15, 0.2) is 0 Å². The molecule has 0 aliphatic carbocycles. The van der Waals surface area contributed by atoms with Crippen molar-refractivity contribution in [2.45, 2.75) is 25.4 Å². The van der Waals surface area contributed by atoms with E-state index in [0.717, 1.165) is 13.0 Å². The fourth-order valence-electron chi connectivity index (χ4n) is 1.80. The maximum Gasteiger partial charge on any atom is 0.220 e. The number of aromatic nitrogens is 2. The standard InChI is InChI=1S/C13H17N3O3/c17-9-11(12-3-2-8-19-12)15-13(18)4-1-6-16-7-5-14-10-16/h2-3,5,7-8,10-11,17H,1,4,6,9H2,(H,15,18). The van der Waals surface area contributed by atoms with Crippen molar-refractivity contribution in [3.63, 3.8) is 0 Å². The number of hydrogen-bond acceptors (Lipinski definition) is 4. The molecule has 0 aliphatic heterocycles.